The number of carbonyl (C=O) groups excluding carboxylic acids is 2. The van der Waals surface area contributed by atoms with Gasteiger partial charge in [-0.25, -0.2) is 4.79 Å². The van der Waals surface area contributed by atoms with Crippen molar-refractivity contribution in [3.63, 3.8) is 0 Å². The smallest absolute Gasteiger partial charge is 0.412 e. The Hall–Kier alpha value is -2.92. The van der Waals surface area contributed by atoms with Crippen LogP contribution in [0.5, 0.6) is 0 Å². The summed E-state index contributed by atoms with van der Waals surface area (Å²) in [4.78, 5) is 26.4. The molecule has 28 heavy (non-hydrogen) atoms. The lowest BCUT2D eigenvalue weighted by atomic mass is 9.88. The Morgan fingerprint density at radius 3 is 2.25 bits per heavy atom. The Morgan fingerprint density at radius 2 is 1.64 bits per heavy atom. The molecule has 0 aliphatic carbocycles. The molecule has 1 aliphatic heterocycles. The normalized spacial score (nSPS) is 21.4. The lowest BCUT2D eigenvalue weighted by Gasteiger charge is -2.34. The SMILES string of the molecule is CCN(CC)C(=O)O[C@@H]1C=CC(=O)[C@@](C)(c2ccc(-c3ccccc3)cc2)O1. The third kappa shape index (κ3) is 3.99. The largest absolute Gasteiger partial charge is 0.416 e. The molecule has 3 rings (SSSR count). The first-order valence-corrected chi connectivity index (χ1v) is 9.50. The average Bonchev–Trinajstić information content (AvgIpc) is 2.72. The Bertz CT molecular complexity index is 856. The van der Waals surface area contributed by atoms with Gasteiger partial charge in [0.1, 0.15) is 0 Å². The van der Waals surface area contributed by atoms with Gasteiger partial charge in [0, 0.05) is 13.1 Å². The van der Waals surface area contributed by atoms with E-state index in [2.05, 4.69) is 0 Å². The number of hydrogen-bond donors (Lipinski definition) is 0. The Balaban J connectivity index is 1.79. The van der Waals surface area contributed by atoms with E-state index in [0.29, 0.717) is 18.7 Å². The van der Waals surface area contributed by atoms with E-state index in [1.165, 1.54) is 12.2 Å². The first-order valence-electron chi connectivity index (χ1n) is 9.50. The lowest BCUT2D eigenvalue weighted by molar-refractivity contribution is -0.179. The van der Waals surface area contributed by atoms with Gasteiger partial charge in [-0.15, -0.1) is 0 Å². The maximum atomic E-state index is 12.6. The van der Waals surface area contributed by atoms with Crippen LogP contribution in [0.3, 0.4) is 0 Å². The van der Waals surface area contributed by atoms with Crippen LogP contribution in [-0.4, -0.2) is 36.2 Å². The number of carbonyl (C=O) groups is 2. The van der Waals surface area contributed by atoms with Gasteiger partial charge in [0.2, 0.25) is 6.29 Å². The number of ether oxygens (including phenoxy) is 2. The van der Waals surface area contributed by atoms with Gasteiger partial charge in [0.15, 0.2) is 11.4 Å². The van der Waals surface area contributed by atoms with Gasteiger partial charge in [-0.2, -0.15) is 0 Å². The third-order valence-electron chi connectivity index (χ3n) is 5.01. The standard InChI is InChI=1S/C23H25NO4/c1-4-24(5-2)22(26)27-21-16-15-20(25)23(3,28-21)19-13-11-18(12-14-19)17-9-7-6-8-10-17/h6-16,21H,4-5H2,1-3H3/t21-,23+/m0/s1. The minimum atomic E-state index is -1.21. The van der Waals surface area contributed by atoms with Crippen LogP contribution in [0, 0.1) is 0 Å². The maximum Gasteiger partial charge on any atom is 0.412 e. The summed E-state index contributed by atoms with van der Waals surface area (Å²) < 4.78 is 11.3. The van der Waals surface area contributed by atoms with Crippen molar-refractivity contribution in [1.82, 2.24) is 4.90 Å². The molecule has 1 heterocycles. The molecule has 146 valence electrons. The molecule has 0 unspecified atom stereocenters. The van der Waals surface area contributed by atoms with E-state index in [1.807, 2.05) is 68.4 Å². The minimum absolute atomic E-state index is 0.185. The Labute approximate surface area is 165 Å². The molecule has 2 aromatic carbocycles. The summed E-state index contributed by atoms with van der Waals surface area (Å²) in [5.74, 6) is -0.185. The maximum absolute atomic E-state index is 12.6. The van der Waals surface area contributed by atoms with Crippen LogP contribution in [0.25, 0.3) is 11.1 Å². The highest BCUT2D eigenvalue weighted by Crippen LogP contribution is 2.33. The summed E-state index contributed by atoms with van der Waals surface area (Å²) in [5, 5.41) is 0. The van der Waals surface area contributed by atoms with Gasteiger partial charge in [0.05, 0.1) is 0 Å². The highest BCUT2D eigenvalue weighted by molar-refractivity contribution is 5.98. The molecular weight excluding hydrogens is 354 g/mol. The van der Waals surface area contributed by atoms with Crippen LogP contribution in [-0.2, 0) is 19.9 Å². The van der Waals surface area contributed by atoms with E-state index >= 15 is 0 Å². The van der Waals surface area contributed by atoms with Gasteiger partial charge >= 0.3 is 6.09 Å². The molecular formula is C23H25NO4. The van der Waals surface area contributed by atoms with E-state index in [9.17, 15) is 9.59 Å². The number of hydrogen-bond acceptors (Lipinski definition) is 4. The zero-order chi connectivity index (χ0) is 20.1. The van der Waals surface area contributed by atoms with Gasteiger partial charge in [-0.3, -0.25) is 4.79 Å². The fraction of sp³-hybridized carbons (Fsp3) is 0.304. The van der Waals surface area contributed by atoms with E-state index in [4.69, 9.17) is 9.47 Å². The number of ketones is 1. The summed E-state index contributed by atoms with van der Waals surface area (Å²) in [7, 11) is 0. The molecule has 0 radical (unpaired) electrons. The highest BCUT2D eigenvalue weighted by Gasteiger charge is 2.41. The molecule has 0 aromatic heterocycles. The third-order valence-corrected chi connectivity index (χ3v) is 5.01. The Morgan fingerprint density at radius 1 is 1.04 bits per heavy atom. The summed E-state index contributed by atoms with van der Waals surface area (Å²) in [5.41, 5.74) is 1.65. The molecule has 0 saturated heterocycles. The van der Waals surface area contributed by atoms with Crippen molar-refractivity contribution >= 4 is 11.9 Å². The number of rotatable bonds is 5. The molecule has 0 fully saturated rings. The first kappa shape index (κ1) is 19.8. The molecule has 0 N–H and O–H groups in total. The van der Waals surface area contributed by atoms with Crippen LogP contribution in [0.1, 0.15) is 26.3 Å². The van der Waals surface area contributed by atoms with Crippen LogP contribution in [0.15, 0.2) is 66.7 Å². The molecule has 2 aromatic rings. The molecule has 2 atom stereocenters. The molecule has 0 bridgehead atoms. The number of amides is 1. The predicted molar refractivity (Wildman–Crippen MR) is 108 cm³/mol. The van der Waals surface area contributed by atoms with Crippen LogP contribution in [0.2, 0.25) is 0 Å². The quantitative estimate of drug-likeness (QED) is 0.766. The number of nitrogens with zero attached hydrogens (tertiary/aromatic N) is 1. The fourth-order valence-electron chi connectivity index (χ4n) is 3.20. The molecule has 0 saturated carbocycles. The van der Waals surface area contributed by atoms with Gasteiger partial charge in [0.25, 0.3) is 0 Å². The van der Waals surface area contributed by atoms with Crippen LogP contribution >= 0.6 is 0 Å². The van der Waals surface area contributed by atoms with Gasteiger partial charge < -0.3 is 14.4 Å². The second-order valence-corrected chi connectivity index (χ2v) is 6.74. The predicted octanol–water partition coefficient (Wildman–Crippen LogP) is 4.53. The first-order chi connectivity index (χ1) is 13.5. The fourth-order valence-corrected chi connectivity index (χ4v) is 3.20. The average molecular weight is 379 g/mol. The molecule has 5 heteroatoms. The summed E-state index contributed by atoms with van der Waals surface area (Å²) in [6, 6.07) is 17.7. The second-order valence-electron chi connectivity index (χ2n) is 6.74. The van der Waals surface area contributed by atoms with Gasteiger partial charge in [-0.05, 0) is 49.6 Å². The second kappa shape index (κ2) is 8.40. The van der Waals surface area contributed by atoms with Crippen LogP contribution in [0.4, 0.5) is 4.79 Å². The summed E-state index contributed by atoms with van der Waals surface area (Å²) in [6.45, 7) is 6.55. The van der Waals surface area contributed by atoms with E-state index in [0.717, 1.165) is 11.1 Å². The van der Waals surface area contributed by atoms with E-state index < -0.39 is 18.0 Å². The zero-order valence-electron chi connectivity index (χ0n) is 16.4. The van der Waals surface area contributed by atoms with E-state index in [1.54, 1.807) is 11.8 Å². The molecule has 0 spiro atoms. The van der Waals surface area contributed by atoms with Gasteiger partial charge in [-0.1, -0.05) is 54.6 Å². The van der Waals surface area contributed by atoms with Crippen molar-refractivity contribution in [2.45, 2.75) is 32.7 Å². The lowest BCUT2D eigenvalue weighted by Crippen LogP contribution is -2.44. The number of benzene rings is 2. The van der Waals surface area contributed by atoms with Crippen molar-refractivity contribution < 1.29 is 19.1 Å². The summed E-state index contributed by atoms with van der Waals surface area (Å²) >= 11 is 0. The van der Waals surface area contributed by atoms with Crippen molar-refractivity contribution in [3.8, 4) is 11.1 Å². The van der Waals surface area contributed by atoms with Crippen LogP contribution < -0.4 is 0 Å². The van der Waals surface area contributed by atoms with Crippen molar-refractivity contribution in [1.29, 1.82) is 0 Å². The monoisotopic (exact) mass is 379 g/mol. The summed E-state index contributed by atoms with van der Waals surface area (Å²) in [6.07, 6.45) is 1.53. The molecule has 1 aliphatic rings. The topological polar surface area (TPSA) is 55.8 Å². The zero-order valence-corrected chi connectivity index (χ0v) is 16.4. The van der Waals surface area contributed by atoms with E-state index in [-0.39, 0.29) is 5.78 Å². The molecule has 5 nitrogen and oxygen atoms in total. The molecule has 1 amide bonds. The van der Waals surface area contributed by atoms with Crippen molar-refractivity contribution in [2.24, 2.45) is 0 Å². The Kier molecular flexibility index (Phi) is 5.95. The van der Waals surface area contributed by atoms with Crippen molar-refractivity contribution in [2.75, 3.05) is 13.1 Å². The minimum Gasteiger partial charge on any atom is -0.416 e. The highest BCUT2D eigenvalue weighted by atomic mass is 16.7. The van der Waals surface area contributed by atoms with Crippen molar-refractivity contribution in [3.05, 3.63) is 72.3 Å².